The van der Waals surface area contributed by atoms with Gasteiger partial charge in [0.15, 0.2) is 0 Å². The van der Waals surface area contributed by atoms with E-state index in [1.54, 1.807) is 43.3 Å². The van der Waals surface area contributed by atoms with Gasteiger partial charge in [-0.1, -0.05) is 30.3 Å². The highest BCUT2D eigenvalue weighted by molar-refractivity contribution is 6.01. The molecule has 0 bridgehead atoms. The Morgan fingerprint density at radius 3 is 2.39 bits per heavy atom. The van der Waals surface area contributed by atoms with E-state index in [0.717, 1.165) is 0 Å². The quantitative estimate of drug-likeness (QED) is 0.862. The fraction of sp³-hybridized carbons (Fsp3) is 0.222. The van der Waals surface area contributed by atoms with E-state index in [4.69, 9.17) is 4.74 Å². The van der Waals surface area contributed by atoms with Crippen LogP contribution in [0.5, 0.6) is 5.75 Å². The zero-order valence-corrected chi connectivity index (χ0v) is 13.2. The second-order valence-electron chi connectivity index (χ2n) is 4.98. The lowest BCUT2D eigenvalue weighted by Gasteiger charge is -2.16. The zero-order valence-electron chi connectivity index (χ0n) is 13.2. The third-order valence-electron chi connectivity index (χ3n) is 3.22. The van der Waals surface area contributed by atoms with Gasteiger partial charge in [0, 0.05) is 5.56 Å². The zero-order chi connectivity index (χ0) is 16.7. The average molecular weight is 312 g/mol. The molecule has 0 aliphatic rings. The minimum atomic E-state index is -0.669. The van der Waals surface area contributed by atoms with Crippen molar-refractivity contribution in [2.75, 3.05) is 11.9 Å². The maximum atomic E-state index is 12.3. The largest absolute Gasteiger partial charge is 0.492 e. The molecular weight excluding hydrogens is 292 g/mol. The molecule has 2 aromatic carbocycles. The molecule has 23 heavy (non-hydrogen) atoms. The monoisotopic (exact) mass is 312 g/mol. The summed E-state index contributed by atoms with van der Waals surface area (Å²) in [6.45, 7) is 4.02. The summed E-state index contributed by atoms with van der Waals surface area (Å²) in [4.78, 5) is 24.3. The van der Waals surface area contributed by atoms with Gasteiger partial charge in [-0.25, -0.2) is 0 Å². The lowest BCUT2D eigenvalue weighted by atomic mass is 10.2. The number of carbonyl (C=O) groups excluding carboxylic acids is 2. The van der Waals surface area contributed by atoms with Crippen molar-refractivity contribution in [3.05, 3.63) is 60.2 Å². The predicted molar refractivity (Wildman–Crippen MR) is 89.6 cm³/mol. The minimum Gasteiger partial charge on any atom is -0.492 e. The van der Waals surface area contributed by atoms with Gasteiger partial charge >= 0.3 is 0 Å². The molecule has 0 aliphatic carbocycles. The van der Waals surface area contributed by atoms with Crippen molar-refractivity contribution in [3.8, 4) is 5.75 Å². The van der Waals surface area contributed by atoms with Gasteiger partial charge in [0.1, 0.15) is 11.8 Å². The third-order valence-corrected chi connectivity index (χ3v) is 3.22. The van der Waals surface area contributed by atoms with Gasteiger partial charge in [-0.15, -0.1) is 0 Å². The lowest BCUT2D eigenvalue weighted by Crippen LogP contribution is -2.41. The topological polar surface area (TPSA) is 67.4 Å². The summed E-state index contributed by atoms with van der Waals surface area (Å²) in [6, 6.07) is 15.3. The van der Waals surface area contributed by atoms with E-state index in [1.165, 1.54) is 0 Å². The van der Waals surface area contributed by atoms with Crippen LogP contribution in [0.2, 0.25) is 0 Å². The summed E-state index contributed by atoms with van der Waals surface area (Å²) in [6.07, 6.45) is 0. The highest BCUT2D eigenvalue weighted by Gasteiger charge is 2.17. The van der Waals surface area contributed by atoms with Gasteiger partial charge in [-0.05, 0) is 38.1 Å². The second-order valence-corrected chi connectivity index (χ2v) is 4.98. The molecule has 0 radical (unpaired) electrons. The van der Waals surface area contributed by atoms with Gasteiger partial charge in [0.25, 0.3) is 5.91 Å². The Labute approximate surface area is 135 Å². The van der Waals surface area contributed by atoms with Crippen LogP contribution in [-0.4, -0.2) is 24.5 Å². The molecule has 0 saturated carbocycles. The number of anilines is 1. The molecule has 0 heterocycles. The number of hydrogen-bond donors (Lipinski definition) is 2. The smallest absolute Gasteiger partial charge is 0.251 e. The molecule has 0 saturated heterocycles. The Morgan fingerprint density at radius 2 is 1.70 bits per heavy atom. The van der Waals surface area contributed by atoms with Crippen LogP contribution in [0.3, 0.4) is 0 Å². The molecule has 5 nitrogen and oxygen atoms in total. The van der Waals surface area contributed by atoms with Crippen molar-refractivity contribution in [1.82, 2.24) is 5.32 Å². The SMILES string of the molecule is CCOc1ccccc1NC(=O)[C@H](C)NC(=O)c1ccccc1. The molecule has 0 unspecified atom stereocenters. The Balaban J connectivity index is 1.99. The van der Waals surface area contributed by atoms with Crippen molar-refractivity contribution in [2.45, 2.75) is 19.9 Å². The molecule has 1 atom stereocenters. The number of carbonyl (C=O) groups is 2. The molecule has 0 aliphatic heterocycles. The van der Waals surface area contributed by atoms with E-state index in [-0.39, 0.29) is 11.8 Å². The highest BCUT2D eigenvalue weighted by atomic mass is 16.5. The van der Waals surface area contributed by atoms with E-state index < -0.39 is 6.04 Å². The first kappa shape index (κ1) is 16.5. The van der Waals surface area contributed by atoms with Crippen LogP contribution in [-0.2, 0) is 4.79 Å². The molecule has 0 aromatic heterocycles. The number of nitrogens with one attached hydrogen (secondary N) is 2. The molecule has 2 aromatic rings. The summed E-state index contributed by atoms with van der Waals surface area (Å²) in [5.41, 5.74) is 1.10. The maximum Gasteiger partial charge on any atom is 0.251 e. The molecule has 0 fully saturated rings. The van der Waals surface area contributed by atoms with E-state index in [2.05, 4.69) is 10.6 Å². The predicted octanol–water partition coefficient (Wildman–Crippen LogP) is 2.84. The van der Waals surface area contributed by atoms with Gasteiger partial charge in [0.2, 0.25) is 5.91 Å². The van der Waals surface area contributed by atoms with Crippen molar-refractivity contribution < 1.29 is 14.3 Å². The Bertz CT molecular complexity index is 671. The van der Waals surface area contributed by atoms with Crippen LogP contribution in [0, 0.1) is 0 Å². The molecule has 5 heteroatoms. The van der Waals surface area contributed by atoms with Crippen molar-refractivity contribution in [1.29, 1.82) is 0 Å². The molecular formula is C18H20N2O3. The lowest BCUT2D eigenvalue weighted by molar-refractivity contribution is -0.117. The first-order chi connectivity index (χ1) is 11.1. The van der Waals surface area contributed by atoms with Gasteiger partial charge in [-0.3, -0.25) is 9.59 Å². The van der Waals surface area contributed by atoms with E-state index in [0.29, 0.717) is 23.6 Å². The van der Waals surface area contributed by atoms with Crippen LogP contribution in [0.25, 0.3) is 0 Å². The summed E-state index contributed by atoms with van der Waals surface area (Å²) in [5, 5.41) is 5.45. The number of rotatable bonds is 6. The van der Waals surface area contributed by atoms with E-state index in [1.807, 2.05) is 25.1 Å². The van der Waals surface area contributed by atoms with Crippen molar-refractivity contribution in [2.24, 2.45) is 0 Å². The van der Waals surface area contributed by atoms with Crippen LogP contribution in [0.1, 0.15) is 24.2 Å². The van der Waals surface area contributed by atoms with E-state index in [9.17, 15) is 9.59 Å². The van der Waals surface area contributed by atoms with Crippen molar-refractivity contribution >= 4 is 17.5 Å². The molecule has 120 valence electrons. The van der Waals surface area contributed by atoms with Crippen LogP contribution in [0.4, 0.5) is 5.69 Å². The number of hydrogen-bond acceptors (Lipinski definition) is 3. The number of benzene rings is 2. The van der Waals surface area contributed by atoms with E-state index >= 15 is 0 Å². The van der Waals surface area contributed by atoms with Gasteiger partial charge < -0.3 is 15.4 Å². The Kier molecular flexibility index (Phi) is 5.74. The average Bonchev–Trinajstić information content (AvgIpc) is 2.57. The molecule has 2 N–H and O–H groups in total. The standard InChI is InChI=1S/C18H20N2O3/c1-3-23-16-12-8-7-11-15(16)20-17(21)13(2)19-18(22)14-9-5-4-6-10-14/h4-13H,3H2,1-2H3,(H,19,22)(H,20,21)/t13-/m0/s1. The maximum absolute atomic E-state index is 12.3. The van der Waals surface area contributed by atoms with Crippen LogP contribution in [0.15, 0.2) is 54.6 Å². The number of para-hydroxylation sites is 2. The third kappa shape index (κ3) is 4.57. The number of amides is 2. The van der Waals surface area contributed by atoms with Crippen LogP contribution >= 0.6 is 0 Å². The van der Waals surface area contributed by atoms with Crippen molar-refractivity contribution in [3.63, 3.8) is 0 Å². The summed E-state index contributed by atoms with van der Waals surface area (Å²) in [7, 11) is 0. The molecule has 0 spiro atoms. The summed E-state index contributed by atoms with van der Waals surface area (Å²) >= 11 is 0. The second kappa shape index (κ2) is 7.98. The Hall–Kier alpha value is -2.82. The van der Waals surface area contributed by atoms with Gasteiger partial charge in [-0.2, -0.15) is 0 Å². The van der Waals surface area contributed by atoms with Crippen LogP contribution < -0.4 is 15.4 Å². The highest BCUT2D eigenvalue weighted by Crippen LogP contribution is 2.23. The van der Waals surface area contributed by atoms with Gasteiger partial charge in [0.05, 0.1) is 12.3 Å². The fourth-order valence-electron chi connectivity index (χ4n) is 2.03. The summed E-state index contributed by atoms with van der Waals surface area (Å²) in [5.74, 6) is 0.0118. The Morgan fingerprint density at radius 1 is 1.04 bits per heavy atom. The molecule has 2 amide bonds. The number of ether oxygens (including phenoxy) is 1. The molecule has 2 rings (SSSR count). The fourth-order valence-corrected chi connectivity index (χ4v) is 2.03. The first-order valence-electron chi connectivity index (χ1n) is 7.50. The normalized spacial score (nSPS) is 11.4. The summed E-state index contributed by atoms with van der Waals surface area (Å²) < 4.78 is 5.47. The first-order valence-corrected chi connectivity index (χ1v) is 7.50. The minimum absolute atomic E-state index is 0.286.